The van der Waals surface area contributed by atoms with Crippen LogP contribution in [-0.4, -0.2) is 49.9 Å². The number of nitrogens with one attached hydrogen (secondary N) is 1. The molecule has 0 saturated carbocycles. The van der Waals surface area contributed by atoms with Crippen molar-refractivity contribution in [3.8, 4) is 16.9 Å². The summed E-state index contributed by atoms with van der Waals surface area (Å²) in [6.07, 6.45) is -0.957. The van der Waals surface area contributed by atoms with Crippen molar-refractivity contribution in [2.45, 2.75) is 69.7 Å². The fraction of sp³-hybridized carbons (Fsp3) is 0.406. The average Bonchev–Trinajstić information content (AvgIpc) is 3.30. The number of aromatic hydroxyl groups is 1. The van der Waals surface area contributed by atoms with Crippen molar-refractivity contribution >= 4 is 10.9 Å². The predicted octanol–water partition coefficient (Wildman–Crippen LogP) is 7.13. The van der Waals surface area contributed by atoms with Gasteiger partial charge in [-0.05, 0) is 73.2 Å². The van der Waals surface area contributed by atoms with Gasteiger partial charge in [-0.2, -0.15) is 13.2 Å². The van der Waals surface area contributed by atoms with Crippen molar-refractivity contribution < 1.29 is 23.4 Å². The second-order valence-electron chi connectivity index (χ2n) is 11.8. The van der Waals surface area contributed by atoms with Crippen LogP contribution in [0.2, 0.25) is 0 Å². The van der Waals surface area contributed by atoms with E-state index in [4.69, 9.17) is 0 Å². The Morgan fingerprint density at radius 1 is 0.925 bits per heavy atom. The highest BCUT2D eigenvalue weighted by atomic mass is 19.4. The quantitative estimate of drug-likeness (QED) is 0.218. The molecule has 1 saturated heterocycles. The molecule has 212 valence electrons. The Morgan fingerprint density at radius 2 is 1.65 bits per heavy atom. The monoisotopic (exact) mass is 551 g/mol. The second kappa shape index (κ2) is 10.9. The van der Waals surface area contributed by atoms with E-state index in [1.807, 2.05) is 36.4 Å². The Morgan fingerprint density at radius 3 is 2.35 bits per heavy atom. The summed E-state index contributed by atoms with van der Waals surface area (Å²) in [6, 6.07) is 18.0. The Kier molecular flexibility index (Phi) is 7.68. The van der Waals surface area contributed by atoms with E-state index in [1.165, 1.54) is 12.5 Å². The molecule has 2 aromatic heterocycles. The average molecular weight is 552 g/mol. The van der Waals surface area contributed by atoms with E-state index in [-0.39, 0.29) is 11.4 Å². The lowest BCUT2D eigenvalue weighted by molar-refractivity contribution is -0.266. The number of nitrogens with zero attached hydrogens (tertiary/aromatic N) is 2. The minimum Gasteiger partial charge on any atom is -0.508 e. The number of pyridine rings is 1. The number of aromatic amines is 1. The number of aromatic nitrogens is 2. The van der Waals surface area contributed by atoms with E-state index in [0.29, 0.717) is 17.6 Å². The smallest absolute Gasteiger partial charge is 0.417 e. The number of fused-ring (bicyclic) bond motifs is 1. The lowest BCUT2D eigenvalue weighted by Crippen LogP contribution is -2.50. The minimum absolute atomic E-state index is 0.105. The second-order valence-corrected chi connectivity index (χ2v) is 11.8. The first-order chi connectivity index (χ1) is 18.9. The van der Waals surface area contributed by atoms with Gasteiger partial charge in [-0.3, -0.25) is 9.88 Å². The third-order valence-corrected chi connectivity index (χ3v) is 8.03. The molecule has 0 bridgehead atoms. The maximum Gasteiger partial charge on any atom is 0.417 e. The van der Waals surface area contributed by atoms with Crippen LogP contribution < -0.4 is 0 Å². The summed E-state index contributed by atoms with van der Waals surface area (Å²) in [6.45, 7) is 6.00. The molecule has 0 radical (unpaired) electrons. The summed E-state index contributed by atoms with van der Waals surface area (Å²) in [5.74, 6) is -0.105. The number of rotatable bonds is 8. The lowest BCUT2D eigenvalue weighted by atomic mass is 9.72. The van der Waals surface area contributed by atoms with Crippen LogP contribution in [0.3, 0.4) is 0 Å². The predicted molar refractivity (Wildman–Crippen MR) is 151 cm³/mol. The van der Waals surface area contributed by atoms with E-state index >= 15 is 0 Å². The third-order valence-electron chi connectivity index (χ3n) is 8.03. The zero-order chi connectivity index (χ0) is 28.5. The van der Waals surface area contributed by atoms with Crippen LogP contribution in [0.1, 0.15) is 56.5 Å². The number of alkyl halides is 3. The minimum atomic E-state index is -4.90. The van der Waals surface area contributed by atoms with Crippen LogP contribution in [0.5, 0.6) is 5.75 Å². The number of hydrogen-bond acceptors (Lipinski definition) is 4. The molecule has 3 N–H and O–H groups in total. The molecule has 5 rings (SSSR count). The van der Waals surface area contributed by atoms with Gasteiger partial charge in [-0.15, -0.1) is 0 Å². The fourth-order valence-electron chi connectivity index (χ4n) is 5.96. The SMILES string of the molecule is CC(C)(CC(O)(Cc1cc2cc(CN3CCCCC3)ncc2[nH]1)C(F)(F)F)c1cc(-c2ccccc2)ccc1O. The maximum absolute atomic E-state index is 14.5. The van der Waals surface area contributed by atoms with Gasteiger partial charge in [0.05, 0.1) is 17.4 Å². The van der Waals surface area contributed by atoms with Gasteiger partial charge in [-0.25, -0.2) is 0 Å². The highest BCUT2D eigenvalue weighted by Gasteiger charge is 2.56. The van der Waals surface area contributed by atoms with E-state index in [9.17, 15) is 23.4 Å². The Hall–Kier alpha value is -3.36. The standard InChI is InChI=1S/C32H36F3N3O2/c1-30(2,27-17-23(11-12-29(27)39)22-9-5-3-6-10-22)21-31(40,32(33,34)35)18-25-15-24-16-26(36-19-28(24)37-25)20-38-13-7-4-8-14-38/h3,5-6,9-12,15-17,19,37,39-40H,4,7-8,13-14,18,20-21H2,1-2H3. The van der Waals surface area contributed by atoms with Gasteiger partial charge < -0.3 is 15.2 Å². The van der Waals surface area contributed by atoms with Gasteiger partial charge in [-0.1, -0.05) is 56.7 Å². The van der Waals surface area contributed by atoms with E-state index in [0.717, 1.165) is 48.1 Å². The molecule has 4 aromatic rings. The number of halogens is 3. The maximum atomic E-state index is 14.5. The molecule has 40 heavy (non-hydrogen) atoms. The summed E-state index contributed by atoms with van der Waals surface area (Å²) in [7, 11) is 0. The molecule has 3 heterocycles. The molecule has 1 aliphatic heterocycles. The number of phenols is 1. The number of hydrogen-bond donors (Lipinski definition) is 3. The van der Waals surface area contributed by atoms with Crippen LogP contribution in [0.25, 0.3) is 22.0 Å². The Bertz CT molecular complexity index is 1460. The largest absolute Gasteiger partial charge is 0.508 e. The highest BCUT2D eigenvalue weighted by molar-refractivity contribution is 5.80. The number of likely N-dealkylation sites (tertiary alicyclic amines) is 1. The normalized spacial score (nSPS) is 16.8. The number of aliphatic hydroxyl groups is 1. The summed E-state index contributed by atoms with van der Waals surface area (Å²) >= 11 is 0. The molecule has 1 fully saturated rings. The first-order valence-corrected chi connectivity index (χ1v) is 13.8. The van der Waals surface area contributed by atoms with Crippen LogP contribution in [-0.2, 0) is 18.4 Å². The number of piperidine rings is 1. The van der Waals surface area contributed by atoms with Crippen molar-refractivity contribution in [3.63, 3.8) is 0 Å². The first-order valence-electron chi connectivity index (χ1n) is 13.8. The van der Waals surface area contributed by atoms with E-state index in [1.54, 1.807) is 38.2 Å². The van der Waals surface area contributed by atoms with Gasteiger partial charge >= 0.3 is 6.18 Å². The molecule has 1 unspecified atom stereocenters. The van der Waals surface area contributed by atoms with Crippen molar-refractivity contribution in [1.29, 1.82) is 0 Å². The van der Waals surface area contributed by atoms with Crippen LogP contribution in [0.15, 0.2) is 66.9 Å². The van der Waals surface area contributed by atoms with Gasteiger partial charge in [0.15, 0.2) is 5.60 Å². The first kappa shape index (κ1) is 28.2. The topological polar surface area (TPSA) is 72.4 Å². The zero-order valence-electron chi connectivity index (χ0n) is 22.9. The highest BCUT2D eigenvalue weighted by Crippen LogP contribution is 2.45. The molecule has 1 atom stereocenters. The number of H-pyrrole nitrogens is 1. The van der Waals surface area contributed by atoms with Crippen molar-refractivity contribution in [1.82, 2.24) is 14.9 Å². The van der Waals surface area contributed by atoms with Crippen LogP contribution >= 0.6 is 0 Å². The van der Waals surface area contributed by atoms with E-state index in [2.05, 4.69) is 14.9 Å². The number of benzene rings is 2. The van der Waals surface area contributed by atoms with Crippen molar-refractivity contribution in [2.75, 3.05) is 13.1 Å². The van der Waals surface area contributed by atoms with Gasteiger partial charge in [0.2, 0.25) is 0 Å². The van der Waals surface area contributed by atoms with Gasteiger partial charge in [0, 0.05) is 29.6 Å². The Balaban J connectivity index is 1.41. The summed E-state index contributed by atoms with van der Waals surface area (Å²) in [5, 5.41) is 22.7. The summed E-state index contributed by atoms with van der Waals surface area (Å²) < 4.78 is 43.6. The molecule has 2 aromatic carbocycles. The summed E-state index contributed by atoms with van der Waals surface area (Å²) in [5.41, 5.74) is -0.428. The summed E-state index contributed by atoms with van der Waals surface area (Å²) in [4.78, 5) is 9.90. The van der Waals surface area contributed by atoms with E-state index < -0.39 is 30.0 Å². The molecule has 0 aliphatic carbocycles. The van der Waals surface area contributed by atoms with Gasteiger partial charge in [0.1, 0.15) is 5.75 Å². The van der Waals surface area contributed by atoms with Crippen molar-refractivity contribution in [3.05, 3.63) is 83.8 Å². The van der Waals surface area contributed by atoms with Crippen LogP contribution in [0.4, 0.5) is 13.2 Å². The van der Waals surface area contributed by atoms with Gasteiger partial charge in [0.25, 0.3) is 0 Å². The molecule has 0 amide bonds. The fourth-order valence-corrected chi connectivity index (χ4v) is 5.96. The zero-order valence-corrected chi connectivity index (χ0v) is 22.9. The molecular formula is C32H36F3N3O2. The Labute approximate surface area is 232 Å². The lowest BCUT2D eigenvalue weighted by Gasteiger charge is -2.38. The molecular weight excluding hydrogens is 515 g/mol. The third kappa shape index (κ3) is 6.03. The van der Waals surface area contributed by atoms with Crippen molar-refractivity contribution in [2.24, 2.45) is 0 Å². The molecule has 1 aliphatic rings. The molecule has 0 spiro atoms. The molecule has 5 nitrogen and oxygen atoms in total. The molecule has 8 heteroatoms. The number of phenolic OH excluding ortho intramolecular Hbond substituents is 1. The van der Waals surface area contributed by atoms with Crippen LogP contribution in [0, 0.1) is 0 Å².